The fraction of sp³-hybridized carbons (Fsp3) is 0.474. The number of nitrogens with zero attached hydrogens (tertiary/aromatic N) is 2. The molecule has 2 aromatic rings. The number of rotatable bonds is 3. The summed E-state index contributed by atoms with van der Waals surface area (Å²) < 4.78 is 0. The van der Waals surface area contributed by atoms with Crippen molar-refractivity contribution in [1.29, 1.82) is 0 Å². The van der Waals surface area contributed by atoms with Gasteiger partial charge in [0.2, 0.25) is 5.91 Å². The summed E-state index contributed by atoms with van der Waals surface area (Å²) in [6.07, 6.45) is 6.66. The second-order valence-corrected chi connectivity index (χ2v) is 6.90. The van der Waals surface area contributed by atoms with E-state index in [0.717, 1.165) is 56.6 Å². The Morgan fingerprint density at radius 2 is 2.13 bits per heavy atom. The molecular formula is C19H23N3O. The lowest BCUT2D eigenvalue weighted by atomic mass is 9.89. The van der Waals surface area contributed by atoms with Gasteiger partial charge in [0.25, 0.3) is 0 Å². The summed E-state index contributed by atoms with van der Waals surface area (Å²) in [5.41, 5.74) is 3.69. The Morgan fingerprint density at radius 1 is 1.26 bits per heavy atom. The van der Waals surface area contributed by atoms with Gasteiger partial charge < -0.3 is 9.88 Å². The van der Waals surface area contributed by atoms with E-state index in [1.165, 1.54) is 5.56 Å². The average Bonchev–Trinajstić information content (AvgIpc) is 3.23. The maximum absolute atomic E-state index is 12.8. The summed E-state index contributed by atoms with van der Waals surface area (Å²) >= 11 is 0. The van der Waals surface area contributed by atoms with E-state index in [2.05, 4.69) is 45.2 Å². The number of aryl methyl sites for hydroxylation is 1. The number of carbonyl (C=O) groups is 1. The van der Waals surface area contributed by atoms with Crippen LogP contribution in [0.3, 0.4) is 0 Å². The van der Waals surface area contributed by atoms with Gasteiger partial charge >= 0.3 is 0 Å². The predicted octanol–water partition coefficient (Wildman–Crippen LogP) is 2.61. The van der Waals surface area contributed by atoms with Crippen LogP contribution in [0.5, 0.6) is 0 Å². The quantitative estimate of drug-likeness (QED) is 0.947. The lowest BCUT2D eigenvalue weighted by molar-refractivity contribution is -0.135. The molecule has 4 heteroatoms. The summed E-state index contributed by atoms with van der Waals surface area (Å²) in [6.45, 7) is 1.84. The second-order valence-electron chi connectivity index (χ2n) is 6.90. The third kappa shape index (κ3) is 3.03. The Labute approximate surface area is 136 Å². The van der Waals surface area contributed by atoms with Crippen molar-refractivity contribution in [2.24, 2.45) is 11.8 Å². The second kappa shape index (κ2) is 6.19. The van der Waals surface area contributed by atoms with Gasteiger partial charge in [-0.25, -0.2) is 4.98 Å². The summed E-state index contributed by atoms with van der Waals surface area (Å²) in [7, 11) is 0. The monoisotopic (exact) mass is 309 g/mol. The Hall–Kier alpha value is -2.10. The zero-order valence-corrected chi connectivity index (χ0v) is 13.4. The largest absolute Gasteiger partial charge is 0.348 e. The van der Waals surface area contributed by atoms with Gasteiger partial charge in [0.1, 0.15) is 0 Å². The molecule has 1 fully saturated rings. The molecule has 0 unspecified atom stereocenters. The third-order valence-electron chi connectivity index (χ3n) is 5.30. The first kappa shape index (κ1) is 14.5. The van der Waals surface area contributed by atoms with Gasteiger partial charge in [0.05, 0.1) is 12.0 Å². The van der Waals surface area contributed by atoms with Crippen LogP contribution in [0.4, 0.5) is 0 Å². The van der Waals surface area contributed by atoms with Crippen LogP contribution in [0, 0.1) is 11.8 Å². The highest BCUT2D eigenvalue weighted by Gasteiger charge is 2.33. The molecule has 2 heterocycles. The lowest BCUT2D eigenvalue weighted by Gasteiger charge is -2.26. The van der Waals surface area contributed by atoms with E-state index < -0.39 is 0 Å². The van der Waals surface area contributed by atoms with E-state index in [9.17, 15) is 4.79 Å². The number of H-pyrrole nitrogens is 1. The maximum Gasteiger partial charge on any atom is 0.226 e. The standard InChI is InChI=1S/C19H23N3O/c23-19(16-6-7-17-18(11-16)21-13-20-17)22-9-8-15(12-22)10-14-4-2-1-3-5-14/h1-5,13,15-16H,6-12H2,(H,20,21)/t15-,16-/m1/s1. The first-order valence-electron chi connectivity index (χ1n) is 8.63. The highest BCUT2D eigenvalue weighted by Crippen LogP contribution is 2.28. The molecule has 4 rings (SSSR count). The molecule has 0 radical (unpaired) electrons. The number of likely N-dealkylation sites (tertiary alicyclic amines) is 1. The Bertz CT molecular complexity index is 679. The van der Waals surface area contributed by atoms with Crippen LogP contribution in [0.2, 0.25) is 0 Å². The summed E-state index contributed by atoms with van der Waals surface area (Å²) in [4.78, 5) is 22.4. The number of imidazole rings is 1. The summed E-state index contributed by atoms with van der Waals surface area (Å²) in [5, 5.41) is 0. The molecule has 23 heavy (non-hydrogen) atoms. The first-order chi connectivity index (χ1) is 11.3. The number of hydrogen-bond donors (Lipinski definition) is 1. The Balaban J connectivity index is 1.35. The lowest BCUT2D eigenvalue weighted by Crippen LogP contribution is -2.37. The van der Waals surface area contributed by atoms with Gasteiger partial charge in [-0.15, -0.1) is 0 Å². The number of aromatic amines is 1. The van der Waals surface area contributed by atoms with Crippen LogP contribution < -0.4 is 0 Å². The minimum Gasteiger partial charge on any atom is -0.348 e. The van der Waals surface area contributed by atoms with Crippen LogP contribution in [0.1, 0.15) is 29.8 Å². The molecule has 2 atom stereocenters. The predicted molar refractivity (Wildman–Crippen MR) is 88.9 cm³/mol. The van der Waals surface area contributed by atoms with Crippen molar-refractivity contribution in [1.82, 2.24) is 14.9 Å². The Kier molecular flexibility index (Phi) is 3.90. The van der Waals surface area contributed by atoms with Crippen molar-refractivity contribution in [3.63, 3.8) is 0 Å². The highest BCUT2D eigenvalue weighted by atomic mass is 16.2. The average molecular weight is 309 g/mol. The molecule has 1 aliphatic carbocycles. The van der Waals surface area contributed by atoms with E-state index in [0.29, 0.717) is 11.8 Å². The zero-order valence-electron chi connectivity index (χ0n) is 13.4. The van der Waals surface area contributed by atoms with Crippen molar-refractivity contribution >= 4 is 5.91 Å². The van der Waals surface area contributed by atoms with Crippen molar-refractivity contribution in [3.05, 3.63) is 53.6 Å². The molecule has 4 nitrogen and oxygen atoms in total. The van der Waals surface area contributed by atoms with Crippen LogP contribution in [-0.4, -0.2) is 33.9 Å². The number of nitrogens with one attached hydrogen (secondary N) is 1. The number of amides is 1. The molecule has 0 saturated carbocycles. The molecule has 1 aromatic carbocycles. The van der Waals surface area contributed by atoms with Gasteiger partial charge in [-0.1, -0.05) is 30.3 Å². The van der Waals surface area contributed by atoms with E-state index >= 15 is 0 Å². The number of fused-ring (bicyclic) bond motifs is 1. The number of aromatic nitrogens is 2. The zero-order chi connectivity index (χ0) is 15.6. The highest BCUT2D eigenvalue weighted by molar-refractivity contribution is 5.79. The molecule has 1 aliphatic heterocycles. The summed E-state index contributed by atoms with van der Waals surface area (Å²) in [6, 6.07) is 10.6. The molecule has 2 aliphatic rings. The van der Waals surface area contributed by atoms with Gasteiger partial charge in [0, 0.05) is 31.1 Å². The molecule has 0 spiro atoms. The first-order valence-corrected chi connectivity index (χ1v) is 8.63. The van der Waals surface area contributed by atoms with E-state index in [1.54, 1.807) is 6.33 Å². The number of carbonyl (C=O) groups excluding carboxylic acids is 1. The van der Waals surface area contributed by atoms with Crippen LogP contribution in [0.25, 0.3) is 0 Å². The molecule has 1 aromatic heterocycles. The van der Waals surface area contributed by atoms with Crippen molar-refractivity contribution in [3.8, 4) is 0 Å². The molecule has 0 bridgehead atoms. The third-order valence-corrected chi connectivity index (χ3v) is 5.30. The van der Waals surface area contributed by atoms with Gasteiger partial charge in [-0.3, -0.25) is 4.79 Å². The fourth-order valence-electron chi connectivity index (χ4n) is 4.02. The SMILES string of the molecule is O=C([C@@H]1CCc2nc[nH]c2C1)N1CC[C@H](Cc2ccccc2)C1. The molecule has 120 valence electrons. The molecular weight excluding hydrogens is 286 g/mol. The fourth-order valence-corrected chi connectivity index (χ4v) is 4.02. The van der Waals surface area contributed by atoms with Gasteiger partial charge in [0.15, 0.2) is 0 Å². The van der Waals surface area contributed by atoms with Crippen LogP contribution in [0.15, 0.2) is 36.7 Å². The normalized spacial score (nSPS) is 23.7. The number of hydrogen-bond acceptors (Lipinski definition) is 2. The minimum absolute atomic E-state index is 0.137. The number of benzene rings is 1. The minimum atomic E-state index is 0.137. The Morgan fingerprint density at radius 3 is 3.00 bits per heavy atom. The molecule has 1 amide bonds. The molecule has 1 saturated heterocycles. The smallest absolute Gasteiger partial charge is 0.226 e. The van der Waals surface area contributed by atoms with E-state index in [4.69, 9.17) is 0 Å². The van der Waals surface area contributed by atoms with Gasteiger partial charge in [-0.05, 0) is 37.2 Å². The van der Waals surface area contributed by atoms with Crippen LogP contribution in [-0.2, 0) is 24.1 Å². The van der Waals surface area contributed by atoms with Gasteiger partial charge in [-0.2, -0.15) is 0 Å². The topological polar surface area (TPSA) is 49.0 Å². The van der Waals surface area contributed by atoms with Crippen molar-refractivity contribution in [2.45, 2.75) is 32.1 Å². The summed E-state index contributed by atoms with van der Waals surface area (Å²) in [5.74, 6) is 1.09. The van der Waals surface area contributed by atoms with Crippen molar-refractivity contribution in [2.75, 3.05) is 13.1 Å². The van der Waals surface area contributed by atoms with Crippen LogP contribution >= 0.6 is 0 Å². The van der Waals surface area contributed by atoms with E-state index in [-0.39, 0.29) is 5.92 Å². The molecule has 1 N–H and O–H groups in total. The maximum atomic E-state index is 12.8. The van der Waals surface area contributed by atoms with Crippen molar-refractivity contribution < 1.29 is 4.79 Å². The van der Waals surface area contributed by atoms with E-state index in [1.807, 2.05) is 0 Å².